The van der Waals surface area contributed by atoms with Gasteiger partial charge >= 0.3 is 0 Å². The smallest absolute Gasteiger partial charge is 0.229 e. The molecule has 0 radical (unpaired) electrons. The highest BCUT2D eigenvalue weighted by molar-refractivity contribution is 5.79. The van der Waals surface area contributed by atoms with Crippen LogP contribution in [0, 0.1) is 17.7 Å². The maximum atomic E-state index is 13.0. The van der Waals surface area contributed by atoms with E-state index in [0.717, 1.165) is 38.0 Å². The standard InChI is InChI=1S/C19H24FN5O2/c20-15-3-1-13(2-4-15)8-21-19(27)18-11-24-6-5-14(18)7-17(24)10-25-9-16(12-26)22-23-25/h1-4,9,14,17-18,26H,5-8,10-12H2,(H,21,27)/p+1/t14-,17-,18+/m1/s1. The Bertz CT molecular complexity index is 794. The van der Waals surface area contributed by atoms with Crippen molar-refractivity contribution in [3.05, 3.63) is 47.5 Å². The average Bonchev–Trinajstić information content (AvgIpc) is 3.15. The highest BCUT2D eigenvalue weighted by Gasteiger charge is 2.46. The molecule has 5 rings (SSSR count). The topological polar surface area (TPSA) is 84.5 Å². The number of hydrogen-bond acceptors (Lipinski definition) is 4. The van der Waals surface area contributed by atoms with Gasteiger partial charge in [0.15, 0.2) is 0 Å². The van der Waals surface area contributed by atoms with Gasteiger partial charge in [0.05, 0.1) is 38.4 Å². The van der Waals surface area contributed by atoms with Crippen LogP contribution < -0.4 is 10.2 Å². The van der Waals surface area contributed by atoms with E-state index in [-0.39, 0.29) is 24.2 Å². The Labute approximate surface area is 157 Å². The molecule has 4 atom stereocenters. The minimum Gasteiger partial charge on any atom is -0.390 e. The molecule has 1 amide bonds. The molecule has 0 saturated carbocycles. The lowest BCUT2D eigenvalue weighted by atomic mass is 9.75. The van der Waals surface area contributed by atoms with Crippen molar-refractivity contribution in [3.63, 3.8) is 0 Å². The van der Waals surface area contributed by atoms with E-state index in [0.29, 0.717) is 24.2 Å². The van der Waals surface area contributed by atoms with Crippen LogP contribution in [0.5, 0.6) is 0 Å². The SMILES string of the molecule is O=C(NCc1ccc(F)cc1)[C@H]1C[NH+]2CC[C@@H]1C[C@@H]2Cn1cc(CO)nn1. The van der Waals surface area contributed by atoms with Crippen molar-refractivity contribution in [1.82, 2.24) is 20.3 Å². The largest absolute Gasteiger partial charge is 0.390 e. The van der Waals surface area contributed by atoms with Crippen LogP contribution in [0.3, 0.4) is 0 Å². The van der Waals surface area contributed by atoms with Gasteiger partial charge < -0.3 is 15.3 Å². The van der Waals surface area contributed by atoms with Gasteiger partial charge in [-0.3, -0.25) is 4.79 Å². The molecule has 3 N–H and O–H groups in total. The summed E-state index contributed by atoms with van der Waals surface area (Å²) >= 11 is 0. The molecule has 3 saturated heterocycles. The Morgan fingerprint density at radius 2 is 2.19 bits per heavy atom. The molecule has 27 heavy (non-hydrogen) atoms. The number of nitrogens with one attached hydrogen (secondary N) is 2. The lowest BCUT2D eigenvalue weighted by molar-refractivity contribution is -0.945. The minimum absolute atomic E-state index is 0.0363. The molecule has 3 aliphatic heterocycles. The quantitative estimate of drug-likeness (QED) is 0.638. The average molecular weight is 374 g/mol. The lowest BCUT2D eigenvalue weighted by Crippen LogP contribution is -3.20. The number of carbonyl (C=O) groups excluding carboxylic acids is 1. The highest BCUT2D eigenvalue weighted by Crippen LogP contribution is 2.27. The lowest BCUT2D eigenvalue weighted by Gasteiger charge is -2.46. The molecule has 8 heteroatoms. The van der Waals surface area contributed by atoms with Crippen molar-refractivity contribution in [1.29, 1.82) is 0 Å². The molecule has 2 bridgehead atoms. The van der Waals surface area contributed by atoms with Crippen LogP contribution in [0.25, 0.3) is 0 Å². The van der Waals surface area contributed by atoms with E-state index in [2.05, 4.69) is 15.6 Å². The molecule has 0 aliphatic carbocycles. The van der Waals surface area contributed by atoms with Crippen molar-refractivity contribution in [2.75, 3.05) is 13.1 Å². The number of carbonyl (C=O) groups is 1. The number of halogens is 1. The van der Waals surface area contributed by atoms with Gasteiger partial charge in [-0.15, -0.1) is 5.10 Å². The number of piperidine rings is 3. The summed E-state index contributed by atoms with van der Waals surface area (Å²) in [5, 5.41) is 20.1. The van der Waals surface area contributed by atoms with Crippen LogP contribution in [0.4, 0.5) is 4.39 Å². The third kappa shape index (κ3) is 4.01. The van der Waals surface area contributed by atoms with Crippen molar-refractivity contribution in [3.8, 4) is 0 Å². The molecule has 1 aromatic carbocycles. The molecular formula is C19H25FN5O2+. The van der Waals surface area contributed by atoms with Crippen molar-refractivity contribution in [2.24, 2.45) is 11.8 Å². The Kier molecular flexibility index (Phi) is 5.18. The fraction of sp³-hybridized carbons (Fsp3) is 0.526. The first-order valence-electron chi connectivity index (χ1n) is 9.49. The third-order valence-corrected chi connectivity index (χ3v) is 5.92. The second-order valence-electron chi connectivity index (χ2n) is 7.63. The van der Waals surface area contributed by atoms with Crippen molar-refractivity contribution < 1.29 is 19.2 Å². The summed E-state index contributed by atoms with van der Waals surface area (Å²) in [5.41, 5.74) is 1.49. The molecule has 1 aromatic heterocycles. The van der Waals surface area contributed by atoms with Crippen molar-refractivity contribution in [2.45, 2.75) is 38.6 Å². The van der Waals surface area contributed by atoms with Crippen molar-refractivity contribution >= 4 is 5.91 Å². The first-order valence-corrected chi connectivity index (χ1v) is 9.49. The maximum absolute atomic E-state index is 13.0. The number of rotatable bonds is 6. The zero-order chi connectivity index (χ0) is 18.8. The first-order chi connectivity index (χ1) is 13.1. The molecular weight excluding hydrogens is 349 g/mol. The normalized spacial score (nSPS) is 26.9. The molecule has 1 unspecified atom stereocenters. The summed E-state index contributed by atoms with van der Waals surface area (Å²) in [6, 6.07) is 6.66. The number of hydrogen-bond donors (Lipinski definition) is 3. The van der Waals surface area contributed by atoms with Gasteiger partial charge in [0.25, 0.3) is 0 Å². The number of fused-ring (bicyclic) bond motifs is 3. The summed E-state index contributed by atoms with van der Waals surface area (Å²) in [5.74, 6) is 0.259. The van der Waals surface area contributed by atoms with E-state index in [1.54, 1.807) is 23.0 Å². The number of nitrogens with zero attached hydrogens (tertiary/aromatic N) is 3. The zero-order valence-electron chi connectivity index (χ0n) is 15.1. The van der Waals surface area contributed by atoms with E-state index in [1.807, 2.05) is 0 Å². The zero-order valence-corrected chi connectivity index (χ0v) is 15.1. The predicted molar refractivity (Wildman–Crippen MR) is 94.9 cm³/mol. The van der Waals surface area contributed by atoms with Gasteiger partial charge in [0.2, 0.25) is 5.91 Å². The van der Waals surface area contributed by atoms with Crippen LogP contribution in [0.15, 0.2) is 30.5 Å². The fourth-order valence-electron chi connectivity index (χ4n) is 4.47. The summed E-state index contributed by atoms with van der Waals surface area (Å²) < 4.78 is 14.8. The Balaban J connectivity index is 1.32. The number of quaternary nitrogens is 1. The Morgan fingerprint density at radius 1 is 1.37 bits per heavy atom. The molecule has 4 heterocycles. The van der Waals surface area contributed by atoms with Crippen LogP contribution in [0.2, 0.25) is 0 Å². The molecule has 3 aliphatic rings. The molecule has 3 fully saturated rings. The summed E-state index contributed by atoms with van der Waals surface area (Å²) in [6.07, 6.45) is 3.85. The maximum Gasteiger partial charge on any atom is 0.229 e. The second-order valence-corrected chi connectivity index (χ2v) is 7.63. The fourth-order valence-corrected chi connectivity index (χ4v) is 4.47. The van der Waals surface area contributed by atoms with Crippen LogP contribution in [-0.4, -0.2) is 45.1 Å². The molecule has 7 nitrogen and oxygen atoms in total. The summed E-state index contributed by atoms with van der Waals surface area (Å²) in [7, 11) is 0. The van der Waals surface area contributed by atoms with E-state index < -0.39 is 0 Å². The van der Waals surface area contributed by atoms with E-state index in [1.165, 1.54) is 17.0 Å². The van der Waals surface area contributed by atoms with E-state index in [4.69, 9.17) is 5.11 Å². The Morgan fingerprint density at radius 3 is 2.85 bits per heavy atom. The van der Waals surface area contributed by atoms with E-state index >= 15 is 0 Å². The predicted octanol–water partition coefficient (Wildman–Crippen LogP) is -0.481. The minimum atomic E-state index is -0.268. The second kappa shape index (κ2) is 7.74. The number of aliphatic hydroxyl groups is 1. The van der Waals surface area contributed by atoms with Gasteiger partial charge in [-0.05, 0) is 23.6 Å². The molecule has 2 aromatic rings. The Hall–Kier alpha value is -2.32. The number of benzene rings is 1. The molecule has 144 valence electrons. The van der Waals surface area contributed by atoms with Gasteiger partial charge in [-0.25, -0.2) is 9.07 Å². The first kappa shape index (κ1) is 18.1. The van der Waals surface area contributed by atoms with Gasteiger partial charge in [0, 0.05) is 19.4 Å². The summed E-state index contributed by atoms with van der Waals surface area (Å²) in [6.45, 7) is 3.03. The van der Waals surface area contributed by atoms with Crippen LogP contribution >= 0.6 is 0 Å². The number of aliphatic hydroxyl groups excluding tert-OH is 1. The van der Waals surface area contributed by atoms with Crippen LogP contribution in [-0.2, 0) is 24.5 Å². The van der Waals surface area contributed by atoms with Gasteiger partial charge in [-0.2, -0.15) is 0 Å². The van der Waals surface area contributed by atoms with Crippen LogP contribution in [0.1, 0.15) is 24.1 Å². The number of aromatic nitrogens is 3. The van der Waals surface area contributed by atoms with E-state index in [9.17, 15) is 9.18 Å². The van der Waals surface area contributed by atoms with Gasteiger partial charge in [0.1, 0.15) is 17.6 Å². The van der Waals surface area contributed by atoms with Gasteiger partial charge in [-0.1, -0.05) is 17.3 Å². The monoisotopic (exact) mass is 374 g/mol. The number of amides is 1. The summed E-state index contributed by atoms with van der Waals surface area (Å²) in [4.78, 5) is 14.1. The highest BCUT2D eigenvalue weighted by atomic mass is 19.1. The molecule has 0 spiro atoms. The third-order valence-electron chi connectivity index (χ3n) is 5.92.